The van der Waals surface area contributed by atoms with Gasteiger partial charge in [-0.15, -0.1) is 0 Å². The Hall–Kier alpha value is -1.26. The van der Waals surface area contributed by atoms with Crippen LogP contribution in [0.25, 0.3) is 10.4 Å². The Bertz CT molecular complexity index is 315. The summed E-state index contributed by atoms with van der Waals surface area (Å²) in [6.07, 6.45) is 2.61. The topological polar surface area (TPSA) is 87.1 Å². The molecule has 1 saturated carbocycles. The largest absolute Gasteiger partial charge is 0.465 e. The van der Waals surface area contributed by atoms with Gasteiger partial charge in [-0.25, -0.2) is 0 Å². The first-order chi connectivity index (χ1) is 8.14. The molecule has 6 heteroatoms. The zero-order valence-electron chi connectivity index (χ0n) is 10.5. The summed E-state index contributed by atoms with van der Waals surface area (Å²) < 4.78 is 5.13. The molecule has 0 heterocycles. The van der Waals surface area contributed by atoms with Gasteiger partial charge in [0.05, 0.1) is 6.61 Å². The van der Waals surface area contributed by atoms with E-state index in [1.54, 1.807) is 0 Å². The molecule has 1 rings (SSSR count). The summed E-state index contributed by atoms with van der Waals surface area (Å²) in [7, 11) is 0. The van der Waals surface area contributed by atoms with Crippen LogP contribution >= 0.6 is 0 Å². The number of hydrogen-bond donors (Lipinski definition) is 1. The molecule has 0 radical (unpaired) electrons. The summed E-state index contributed by atoms with van der Waals surface area (Å²) in [6.45, 7) is 5.20. The van der Waals surface area contributed by atoms with Crippen LogP contribution in [0.4, 0.5) is 0 Å². The van der Waals surface area contributed by atoms with Gasteiger partial charge in [0.2, 0.25) is 0 Å². The molecular formula is C11H20N4O2. The van der Waals surface area contributed by atoms with Gasteiger partial charge in [0, 0.05) is 18.0 Å². The number of nitrogens with zero attached hydrogens (tertiary/aromatic N) is 3. The molecule has 0 spiro atoms. The van der Waals surface area contributed by atoms with Crippen molar-refractivity contribution >= 4 is 5.97 Å². The Morgan fingerprint density at radius 3 is 3.00 bits per heavy atom. The minimum absolute atomic E-state index is 0.176. The zero-order valence-corrected chi connectivity index (χ0v) is 10.5. The second-order valence-electron chi connectivity index (χ2n) is 4.53. The Morgan fingerprint density at radius 2 is 2.47 bits per heavy atom. The lowest BCUT2D eigenvalue weighted by molar-refractivity contribution is -0.151. The third-order valence-electron chi connectivity index (χ3n) is 3.17. The highest BCUT2D eigenvalue weighted by Crippen LogP contribution is 2.35. The third kappa shape index (κ3) is 3.61. The standard InChI is InChI=1S/C11H20N4O2/c1-3-17-10(16)11(5-4-9(2)8-11)13-6-7-14-15-12/h9,13H,3-8H2,1-2H3. The Labute approximate surface area is 101 Å². The quantitative estimate of drug-likeness (QED) is 0.253. The van der Waals surface area contributed by atoms with E-state index in [1.807, 2.05) is 6.92 Å². The first-order valence-electron chi connectivity index (χ1n) is 6.07. The molecule has 0 saturated heterocycles. The summed E-state index contributed by atoms with van der Waals surface area (Å²) in [5.41, 5.74) is 7.63. The SMILES string of the molecule is CCOC(=O)C1(NCCN=[N+]=[N-])CCC(C)C1. The van der Waals surface area contributed by atoms with E-state index < -0.39 is 5.54 Å². The van der Waals surface area contributed by atoms with Gasteiger partial charge in [-0.2, -0.15) is 0 Å². The summed E-state index contributed by atoms with van der Waals surface area (Å²) in [5, 5.41) is 6.66. The molecule has 6 nitrogen and oxygen atoms in total. The fourth-order valence-electron chi connectivity index (χ4n) is 2.37. The summed E-state index contributed by atoms with van der Waals surface area (Å²) in [4.78, 5) is 14.7. The second-order valence-corrected chi connectivity index (χ2v) is 4.53. The molecule has 0 bridgehead atoms. The maximum atomic E-state index is 12.0. The van der Waals surface area contributed by atoms with Crippen molar-refractivity contribution in [3.63, 3.8) is 0 Å². The van der Waals surface area contributed by atoms with Gasteiger partial charge in [0.1, 0.15) is 5.54 Å². The molecule has 1 fully saturated rings. The molecule has 0 aromatic heterocycles. The zero-order chi connectivity index (χ0) is 12.7. The maximum absolute atomic E-state index is 12.0. The number of carbonyl (C=O) groups is 1. The van der Waals surface area contributed by atoms with Crippen molar-refractivity contribution in [2.45, 2.75) is 38.6 Å². The Kier molecular flexibility index (Phi) is 5.25. The molecule has 2 unspecified atom stereocenters. The summed E-state index contributed by atoms with van der Waals surface area (Å²) in [6, 6.07) is 0. The van der Waals surface area contributed by atoms with Gasteiger partial charge >= 0.3 is 5.97 Å². The number of esters is 1. The molecule has 17 heavy (non-hydrogen) atoms. The first kappa shape index (κ1) is 13.8. The third-order valence-corrected chi connectivity index (χ3v) is 3.17. The molecule has 0 amide bonds. The summed E-state index contributed by atoms with van der Waals surface area (Å²) >= 11 is 0. The highest BCUT2D eigenvalue weighted by Gasteiger charge is 2.44. The molecular weight excluding hydrogens is 220 g/mol. The molecule has 0 aromatic carbocycles. The lowest BCUT2D eigenvalue weighted by Gasteiger charge is -2.28. The monoisotopic (exact) mass is 240 g/mol. The average Bonchev–Trinajstić information content (AvgIpc) is 2.68. The van der Waals surface area contributed by atoms with Crippen LogP contribution in [0, 0.1) is 5.92 Å². The van der Waals surface area contributed by atoms with Crippen molar-refractivity contribution in [3.8, 4) is 0 Å². The van der Waals surface area contributed by atoms with E-state index in [0.717, 1.165) is 19.3 Å². The average molecular weight is 240 g/mol. The molecule has 0 aromatic rings. The number of hydrogen-bond acceptors (Lipinski definition) is 4. The number of rotatable bonds is 6. The Morgan fingerprint density at radius 1 is 1.71 bits per heavy atom. The van der Waals surface area contributed by atoms with E-state index in [1.165, 1.54) is 0 Å². The van der Waals surface area contributed by atoms with Gasteiger partial charge in [-0.1, -0.05) is 12.0 Å². The normalized spacial score (nSPS) is 27.5. The van der Waals surface area contributed by atoms with E-state index in [2.05, 4.69) is 22.3 Å². The van der Waals surface area contributed by atoms with Crippen molar-refractivity contribution < 1.29 is 9.53 Å². The second kappa shape index (κ2) is 6.47. The van der Waals surface area contributed by atoms with Gasteiger partial charge < -0.3 is 10.1 Å². The fourth-order valence-corrected chi connectivity index (χ4v) is 2.37. The van der Waals surface area contributed by atoms with Crippen LogP contribution in [0.15, 0.2) is 5.11 Å². The van der Waals surface area contributed by atoms with Crippen molar-refractivity contribution in [1.82, 2.24) is 5.32 Å². The van der Waals surface area contributed by atoms with Crippen LogP contribution < -0.4 is 5.32 Å². The van der Waals surface area contributed by atoms with Crippen LogP contribution in [-0.4, -0.2) is 31.2 Å². The van der Waals surface area contributed by atoms with Gasteiger partial charge in [0.15, 0.2) is 0 Å². The first-order valence-corrected chi connectivity index (χ1v) is 6.07. The lowest BCUT2D eigenvalue weighted by atomic mass is 9.96. The Balaban J connectivity index is 2.59. The highest BCUT2D eigenvalue weighted by molar-refractivity contribution is 5.81. The van der Waals surface area contributed by atoms with E-state index in [4.69, 9.17) is 10.3 Å². The number of ether oxygens (including phenoxy) is 1. The smallest absolute Gasteiger partial charge is 0.326 e. The highest BCUT2D eigenvalue weighted by atomic mass is 16.5. The van der Waals surface area contributed by atoms with E-state index in [9.17, 15) is 4.79 Å². The van der Waals surface area contributed by atoms with E-state index >= 15 is 0 Å². The van der Waals surface area contributed by atoms with Crippen molar-refractivity contribution in [3.05, 3.63) is 10.4 Å². The molecule has 0 aliphatic heterocycles. The van der Waals surface area contributed by atoms with Gasteiger partial charge in [-0.3, -0.25) is 4.79 Å². The minimum atomic E-state index is -0.569. The maximum Gasteiger partial charge on any atom is 0.326 e. The van der Waals surface area contributed by atoms with Crippen LogP contribution in [0.3, 0.4) is 0 Å². The molecule has 1 aliphatic carbocycles. The molecule has 2 atom stereocenters. The van der Waals surface area contributed by atoms with Crippen LogP contribution in [0.2, 0.25) is 0 Å². The molecule has 96 valence electrons. The number of nitrogens with one attached hydrogen (secondary N) is 1. The summed E-state index contributed by atoms with van der Waals surface area (Å²) in [5.74, 6) is 0.344. The van der Waals surface area contributed by atoms with Crippen LogP contribution in [0.1, 0.15) is 33.1 Å². The van der Waals surface area contributed by atoms with Crippen LogP contribution in [0.5, 0.6) is 0 Å². The van der Waals surface area contributed by atoms with E-state index in [-0.39, 0.29) is 5.97 Å². The van der Waals surface area contributed by atoms with Crippen molar-refractivity contribution in [2.24, 2.45) is 11.0 Å². The van der Waals surface area contributed by atoms with Crippen molar-refractivity contribution in [2.75, 3.05) is 19.7 Å². The fraction of sp³-hybridized carbons (Fsp3) is 0.909. The van der Waals surface area contributed by atoms with E-state index in [0.29, 0.717) is 25.6 Å². The van der Waals surface area contributed by atoms with Crippen LogP contribution in [-0.2, 0) is 9.53 Å². The number of carbonyl (C=O) groups excluding carboxylic acids is 1. The molecule has 1 aliphatic rings. The van der Waals surface area contributed by atoms with Gasteiger partial charge in [-0.05, 0) is 37.6 Å². The predicted octanol–water partition coefficient (Wildman–Crippen LogP) is 2.01. The minimum Gasteiger partial charge on any atom is -0.465 e. The van der Waals surface area contributed by atoms with Gasteiger partial charge in [0.25, 0.3) is 0 Å². The molecule has 1 N–H and O–H groups in total. The predicted molar refractivity (Wildman–Crippen MR) is 64.4 cm³/mol. The van der Waals surface area contributed by atoms with Crippen molar-refractivity contribution in [1.29, 1.82) is 0 Å². The number of azide groups is 1. The lowest BCUT2D eigenvalue weighted by Crippen LogP contribution is -2.51.